The molecule has 3 heterocycles. The molecule has 4 rings (SSSR count). The van der Waals surface area contributed by atoms with Crippen molar-refractivity contribution < 1.29 is 4.92 Å². The lowest BCUT2D eigenvalue weighted by Crippen LogP contribution is -2.02. The third-order valence-corrected chi connectivity index (χ3v) is 4.15. The number of aromatic nitrogens is 6. The summed E-state index contributed by atoms with van der Waals surface area (Å²) in [7, 11) is 0. The topological polar surface area (TPSA) is 139 Å². The van der Waals surface area contributed by atoms with Gasteiger partial charge in [-0.2, -0.15) is 15.2 Å². The number of benzene rings is 1. The molecule has 0 spiro atoms. The van der Waals surface area contributed by atoms with Crippen molar-refractivity contribution in [3.8, 4) is 0 Å². The second-order valence-corrected chi connectivity index (χ2v) is 6.36. The standard InChI is InChI=1S/C17H14ClN9O2/c18-14-8-19-17(24-16(14)23-15-5-6-20-25-15)22-12-7-21-26(10-12)9-11-1-3-13(4-2-11)27(28)29/h1-8,10H,9H2,(H3,19,20,22,23,24,25). The number of nitrogens with one attached hydrogen (secondary N) is 3. The zero-order valence-corrected chi connectivity index (χ0v) is 15.5. The zero-order valence-electron chi connectivity index (χ0n) is 14.8. The minimum Gasteiger partial charge on any atom is -0.322 e. The lowest BCUT2D eigenvalue weighted by Gasteiger charge is -2.07. The fourth-order valence-corrected chi connectivity index (χ4v) is 2.66. The Morgan fingerprint density at radius 3 is 2.72 bits per heavy atom. The van der Waals surface area contributed by atoms with E-state index in [1.54, 1.807) is 41.5 Å². The molecule has 0 atom stereocenters. The smallest absolute Gasteiger partial charge is 0.269 e. The van der Waals surface area contributed by atoms with E-state index in [9.17, 15) is 10.1 Å². The van der Waals surface area contributed by atoms with Gasteiger partial charge in [-0.05, 0) is 5.56 Å². The molecular weight excluding hydrogens is 398 g/mol. The Balaban J connectivity index is 1.44. The van der Waals surface area contributed by atoms with Crippen molar-refractivity contribution in [2.24, 2.45) is 0 Å². The van der Waals surface area contributed by atoms with Gasteiger partial charge in [-0.1, -0.05) is 23.7 Å². The first kappa shape index (κ1) is 18.4. The SMILES string of the molecule is O=[N+]([O-])c1ccc(Cn2cc(Nc3ncc(Cl)c(Nc4cc[nH]n4)n3)cn2)cc1. The van der Waals surface area contributed by atoms with Gasteiger partial charge in [0.05, 0.1) is 29.5 Å². The quantitative estimate of drug-likeness (QED) is 0.310. The summed E-state index contributed by atoms with van der Waals surface area (Å²) in [6, 6.07) is 8.07. The van der Waals surface area contributed by atoms with E-state index in [4.69, 9.17) is 11.6 Å². The van der Waals surface area contributed by atoms with Crippen molar-refractivity contribution in [3.63, 3.8) is 0 Å². The van der Waals surface area contributed by atoms with Crippen molar-refractivity contribution >= 4 is 40.6 Å². The Morgan fingerprint density at radius 2 is 2.00 bits per heavy atom. The maximum Gasteiger partial charge on any atom is 0.269 e. The predicted molar refractivity (Wildman–Crippen MR) is 107 cm³/mol. The van der Waals surface area contributed by atoms with Gasteiger partial charge in [0.15, 0.2) is 11.6 Å². The van der Waals surface area contributed by atoms with E-state index < -0.39 is 4.92 Å². The average molecular weight is 412 g/mol. The Kier molecular flexibility index (Phi) is 5.03. The number of H-pyrrole nitrogens is 1. The van der Waals surface area contributed by atoms with E-state index in [0.717, 1.165) is 5.56 Å². The molecule has 0 saturated heterocycles. The number of non-ortho nitro benzene ring substituents is 1. The van der Waals surface area contributed by atoms with Gasteiger partial charge in [-0.25, -0.2) is 4.98 Å². The highest BCUT2D eigenvalue weighted by molar-refractivity contribution is 6.32. The molecule has 0 bridgehead atoms. The minimum atomic E-state index is -0.430. The van der Waals surface area contributed by atoms with Crippen LogP contribution < -0.4 is 10.6 Å². The number of rotatable bonds is 7. The van der Waals surface area contributed by atoms with Crippen LogP contribution in [0.3, 0.4) is 0 Å². The Morgan fingerprint density at radius 1 is 1.17 bits per heavy atom. The minimum absolute atomic E-state index is 0.0516. The molecule has 0 aliphatic rings. The molecule has 0 amide bonds. The number of nitro benzene ring substituents is 1. The molecule has 0 saturated carbocycles. The largest absolute Gasteiger partial charge is 0.322 e. The van der Waals surface area contributed by atoms with E-state index in [1.165, 1.54) is 18.3 Å². The summed E-state index contributed by atoms with van der Waals surface area (Å²) < 4.78 is 1.70. The first-order chi connectivity index (χ1) is 14.1. The monoisotopic (exact) mass is 411 g/mol. The summed E-state index contributed by atoms with van der Waals surface area (Å²) in [6.07, 6.45) is 6.56. The van der Waals surface area contributed by atoms with E-state index in [1.807, 2.05) is 0 Å². The molecule has 3 aromatic heterocycles. The molecule has 1 aromatic carbocycles. The van der Waals surface area contributed by atoms with E-state index in [2.05, 4.69) is 35.9 Å². The molecule has 0 fully saturated rings. The van der Waals surface area contributed by atoms with Crippen LogP contribution in [0.4, 0.5) is 29.0 Å². The molecule has 0 unspecified atom stereocenters. The van der Waals surface area contributed by atoms with E-state index >= 15 is 0 Å². The van der Waals surface area contributed by atoms with Crippen LogP contribution in [0.5, 0.6) is 0 Å². The second kappa shape index (κ2) is 7.94. The molecule has 4 aromatic rings. The number of halogens is 1. The van der Waals surface area contributed by atoms with E-state index in [-0.39, 0.29) is 5.69 Å². The molecule has 0 aliphatic heterocycles. The third kappa shape index (κ3) is 4.47. The van der Waals surface area contributed by atoms with Crippen LogP contribution in [-0.2, 0) is 6.54 Å². The van der Waals surface area contributed by atoms with Crippen molar-refractivity contribution in [1.82, 2.24) is 29.9 Å². The normalized spacial score (nSPS) is 10.7. The highest BCUT2D eigenvalue weighted by Crippen LogP contribution is 2.24. The highest BCUT2D eigenvalue weighted by Gasteiger charge is 2.09. The van der Waals surface area contributed by atoms with Crippen molar-refractivity contribution in [2.75, 3.05) is 10.6 Å². The lowest BCUT2D eigenvalue weighted by atomic mass is 10.2. The molecule has 11 nitrogen and oxygen atoms in total. The van der Waals surface area contributed by atoms with Gasteiger partial charge in [0, 0.05) is 30.6 Å². The van der Waals surface area contributed by atoms with Crippen molar-refractivity contribution in [3.05, 3.63) is 75.8 Å². The maximum atomic E-state index is 10.7. The molecular formula is C17H14ClN9O2. The molecule has 146 valence electrons. The van der Waals surface area contributed by atoms with Crippen LogP contribution in [0.15, 0.2) is 55.1 Å². The molecule has 3 N–H and O–H groups in total. The fourth-order valence-electron chi connectivity index (χ4n) is 2.52. The maximum absolute atomic E-state index is 10.7. The summed E-state index contributed by atoms with van der Waals surface area (Å²) in [5, 5.41) is 28.1. The van der Waals surface area contributed by atoms with E-state index in [0.29, 0.717) is 34.8 Å². The van der Waals surface area contributed by atoms with Crippen LogP contribution in [0.25, 0.3) is 0 Å². The molecule has 12 heteroatoms. The van der Waals surface area contributed by atoms with Crippen molar-refractivity contribution in [1.29, 1.82) is 0 Å². The highest BCUT2D eigenvalue weighted by atomic mass is 35.5. The van der Waals surface area contributed by atoms with Gasteiger partial charge in [0.2, 0.25) is 5.95 Å². The number of hydrogen-bond acceptors (Lipinski definition) is 8. The Labute approximate surface area is 168 Å². The summed E-state index contributed by atoms with van der Waals surface area (Å²) in [5.74, 6) is 1.32. The number of anilines is 4. The van der Waals surface area contributed by atoms with Crippen LogP contribution in [-0.4, -0.2) is 34.9 Å². The van der Waals surface area contributed by atoms with Gasteiger partial charge in [0.1, 0.15) is 5.02 Å². The van der Waals surface area contributed by atoms with Crippen LogP contribution in [0.1, 0.15) is 5.56 Å². The number of nitro groups is 1. The number of nitrogens with zero attached hydrogens (tertiary/aromatic N) is 6. The first-order valence-electron chi connectivity index (χ1n) is 8.39. The summed E-state index contributed by atoms with van der Waals surface area (Å²) in [5.41, 5.74) is 1.62. The summed E-state index contributed by atoms with van der Waals surface area (Å²) in [4.78, 5) is 18.8. The average Bonchev–Trinajstić information content (AvgIpc) is 3.37. The molecule has 0 radical (unpaired) electrons. The second-order valence-electron chi connectivity index (χ2n) is 5.95. The van der Waals surface area contributed by atoms with Gasteiger partial charge >= 0.3 is 0 Å². The summed E-state index contributed by atoms with van der Waals surface area (Å²) >= 11 is 6.13. The Bertz CT molecular complexity index is 1130. The molecule has 29 heavy (non-hydrogen) atoms. The van der Waals surface area contributed by atoms with Crippen molar-refractivity contribution in [2.45, 2.75) is 6.54 Å². The lowest BCUT2D eigenvalue weighted by molar-refractivity contribution is -0.384. The Hall–Kier alpha value is -3.99. The van der Waals surface area contributed by atoms with Crippen LogP contribution >= 0.6 is 11.6 Å². The van der Waals surface area contributed by atoms with Gasteiger partial charge in [-0.3, -0.25) is 19.9 Å². The predicted octanol–water partition coefficient (Wildman–Crippen LogP) is 3.49. The first-order valence-corrected chi connectivity index (χ1v) is 8.77. The number of aromatic amines is 1. The van der Waals surface area contributed by atoms with Gasteiger partial charge in [0.25, 0.3) is 5.69 Å². The van der Waals surface area contributed by atoms with Crippen LogP contribution in [0.2, 0.25) is 5.02 Å². The zero-order chi connectivity index (χ0) is 20.2. The number of hydrogen-bond donors (Lipinski definition) is 3. The third-order valence-electron chi connectivity index (χ3n) is 3.87. The fraction of sp³-hybridized carbons (Fsp3) is 0.0588. The van der Waals surface area contributed by atoms with Crippen LogP contribution in [0, 0.1) is 10.1 Å². The molecule has 0 aliphatic carbocycles. The van der Waals surface area contributed by atoms with Gasteiger partial charge < -0.3 is 10.6 Å². The summed E-state index contributed by atoms with van der Waals surface area (Å²) in [6.45, 7) is 0.465. The van der Waals surface area contributed by atoms with Gasteiger partial charge in [-0.15, -0.1) is 0 Å².